The molecule has 0 rings (SSSR count). The van der Waals surface area contributed by atoms with Crippen molar-refractivity contribution in [1.29, 1.82) is 0 Å². The van der Waals surface area contributed by atoms with Gasteiger partial charge in [0.2, 0.25) is 0 Å². The second kappa shape index (κ2) is 52.0. The molecule has 0 aromatic rings. The Morgan fingerprint density at radius 1 is 0.328 bits per heavy atom. The van der Waals surface area contributed by atoms with Crippen molar-refractivity contribution in [3.63, 3.8) is 0 Å². The molecule has 6 heteroatoms. The molecule has 0 aliphatic heterocycles. The van der Waals surface area contributed by atoms with E-state index in [0.29, 0.717) is 25.7 Å². The fraction of sp³-hybridized carbons (Fsp3) is 0.672. The van der Waals surface area contributed by atoms with Crippen molar-refractivity contribution in [1.82, 2.24) is 0 Å². The molecule has 0 amide bonds. The third-order valence-corrected chi connectivity index (χ3v) is 10.8. The van der Waals surface area contributed by atoms with E-state index in [9.17, 15) is 14.4 Å². The fourth-order valence-corrected chi connectivity index (χ4v) is 6.95. The van der Waals surface area contributed by atoms with Crippen molar-refractivity contribution in [2.45, 2.75) is 239 Å². The second-order valence-electron chi connectivity index (χ2n) is 17.0. The summed E-state index contributed by atoms with van der Waals surface area (Å²) in [6.07, 6.45) is 68.3. The van der Waals surface area contributed by atoms with Gasteiger partial charge in [0.15, 0.2) is 6.10 Å². The molecule has 0 unspecified atom stereocenters. The third-order valence-electron chi connectivity index (χ3n) is 10.8. The molecule has 0 N–H and O–H groups in total. The minimum Gasteiger partial charge on any atom is -0.462 e. The molecule has 64 heavy (non-hydrogen) atoms. The van der Waals surface area contributed by atoms with Gasteiger partial charge in [-0.05, 0) is 96.3 Å². The molecule has 0 bridgehead atoms. The number of ether oxygens (including phenoxy) is 3. The first-order valence-corrected chi connectivity index (χ1v) is 26.2. The van der Waals surface area contributed by atoms with Crippen LogP contribution in [0, 0.1) is 0 Å². The van der Waals surface area contributed by atoms with Crippen LogP contribution < -0.4 is 0 Å². The van der Waals surface area contributed by atoms with Crippen LogP contribution >= 0.6 is 0 Å². The Balaban J connectivity index is 4.51. The number of rotatable bonds is 46. The molecule has 0 saturated carbocycles. The van der Waals surface area contributed by atoms with Crippen LogP contribution in [0.3, 0.4) is 0 Å². The van der Waals surface area contributed by atoms with Crippen LogP contribution in [0.4, 0.5) is 0 Å². The lowest BCUT2D eigenvalue weighted by atomic mass is 10.0. The summed E-state index contributed by atoms with van der Waals surface area (Å²) in [4.78, 5) is 38.0. The molecular formula is C58H96O6. The number of carbonyl (C=O) groups excluding carboxylic acids is 3. The van der Waals surface area contributed by atoms with E-state index in [1.165, 1.54) is 83.5 Å². The molecule has 0 fully saturated rings. The van der Waals surface area contributed by atoms with Gasteiger partial charge in [0.05, 0.1) is 0 Å². The van der Waals surface area contributed by atoms with Gasteiger partial charge in [-0.2, -0.15) is 0 Å². The lowest BCUT2D eigenvalue weighted by Crippen LogP contribution is -2.30. The Morgan fingerprint density at radius 2 is 0.609 bits per heavy atom. The fourth-order valence-electron chi connectivity index (χ4n) is 6.95. The van der Waals surface area contributed by atoms with Gasteiger partial charge in [0, 0.05) is 19.3 Å². The van der Waals surface area contributed by atoms with Gasteiger partial charge < -0.3 is 14.2 Å². The minimum absolute atomic E-state index is 0.107. The van der Waals surface area contributed by atoms with Crippen molar-refractivity contribution >= 4 is 17.9 Å². The Labute approximate surface area is 394 Å². The van der Waals surface area contributed by atoms with Gasteiger partial charge in [-0.3, -0.25) is 14.4 Å². The number of hydrogen-bond donors (Lipinski definition) is 0. The highest BCUT2D eigenvalue weighted by Gasteiger charge is 2.19. The van der Waals surface area contributed by atoms with Crippen molar-refractivity contribution in [2.24, 2.45) is 0 Å². The first kappa shape index (κ1) is 60.3. The highest BCUT2D eigenvalue weighted by Crippen LogP contribution is 2.15. The zero-order chi connectivity index (χ0) is 46.5. The van der Waals surface area contributed by atoms with Crippen molar-refractivity contribution < 1.29 is 28.6 Å². The SMILES string of the molecule is CC/C=C\C/C=C\C/C=C\C/C=C\CCCCC(=O)OC[C@H](COC(=O)CCCCCCCCCCCCCCCCCC)OC(=O)CCCC/C=C\C/C=C\C/C=C\C/C=C\CC. The molecule has 0 aromatic carbocycles. The maximum absolute atomic E-state index is 12.8. The van der Waals surface area contributed by atoms with Crippen LogP contribution in [0.2, 0.25) is 0 Å². The Morgan fingerprint density at radius 3 is 0.953 bits per heavy atom. The molecule has 0 heterocycles. The molecule has 364 valence electrons. The summed E-state index contributed by atoms with van der Waals surface area (Å²) in [5, 5.41) is 0. The average Bonchev–Trinajstić information content (AvgIpc) is 3.29. The van der Waals surface area contributed by atoms with E-state index in [-0.39, 0.29) is 37.5 Å². The third kappa shape index (κ3) is 49.3. The predicted octanol–water partition coefficient (Wildman–Crippen LogP) is 17.4. The molecule has 6 nitrogen and oxygen atoms in total. The summed E-state index contributed by atoms with van der Waals surface area (Å²) in [6.45, 7) is 6.34. The van der Waals surface area contributed by atoms with Crippen LogP contribution in [0.1, 0.15) is 233 Å². The Hall–Kier alpha value is -3.67. The summed E-state index contributed by atoms with van der Waals surface area (Å²) < 4.78 is 16.7. The van der Waals surface area contributed by atoms with Crippen molar-refractivity contribution in [2.75, 3.05) is 13.2 Å². The van der Waals surface area contributed by atoms with Crippen molar-refractivity contribution in [3.8, 4) is 0 Å². The predicted molar refractivity (Wildman–Crippen MR) is 274 cm³/mol. The number of esters is 3. The summed E-state index contributed by atoms with van der Waals surface area (Å²) in [5.41, 5.74) is 0. The lowest BCUT2D eigenvalue weighted by molar-refractivity contribution is -0.167. The summed E-state index contributed by atoms with van der Waals surface area (Å²) in [5.74, 6) is -0.992. The maximum atomic E-state index is 12.8. The van der Waals surface area contributed by atoms with Gasteiger partial charge in [0.25, 0.3) is 0 Å². The number of allylic oxidation sites excluding steroid dienone is 16. The highest BCUT2D eigenvalue weighted by atomic mass is 16.6. The van der Waals surface area contributed by atoms with Gasteiger partial charge in [-0.25, -0.2) is 0 Å². The largest absolute Gasteiger partial charge is 0.462 e. The van der Waals surface area contributed by atoms with E-state index in [2.05, 4.69) is 118 Å². The quantitative estimate of drug-likeness (QED) is 0.0262. The minimum atomic E-state index is -0.815. The van der Waals surface area contributed by atoms with Crippen LogP contribution in [-0.2, 0) is 28.6 Å². The first-order valence-electron chi connectivity index (χ1n) is 26.2. The monoisotopic (exact) mass is 889 g/mol. The van der Waals surface area contributed by atoms with E-state index >= 15 is 0 Å². The Kier molecular flexibility index (Phi) is 49.0. The number of carbonyl (C=O) groups is 3. The molecule has 0 aliphatic carbocycles. The smallest absolute Gasteiger partial charge is 0.306 e. The lowest BCUT2D eigenvalue weighted by Gasteiger charge is -2.18. The van der Waals surface area contributed by atoms with Gasteiger partial charge in [-0.15, -0.1) is 0 Å². The van der Waals surface area contributed by atoms with Crippen LogP contribution in [0.15, 0.2) is 97.2 Å². The average molecular weight is 889 g/mol. The molecule has 0 saturated heterocycles. The molecular weight excluding hydrogens is 793 g/mol. The standard InChI is InChI=1S/C58H96O6/c1-4-7-10-13-16-19-22-25-28-31-33-36-39-42-45-48-51-57(60)63-54-55(64-58(61)52-49-46-43-40-37-34-30-27-24-21-18-15-12-9-6-3)53-62-56(59)50-47-44-41-38-35-32-29-26-23-20-17-14-11-8-5-2/h8-9,11-12,17-18,20-21,26-27,29-30,35,37-38,40,55H,4-7,10,13-16,19,22-25,28,31-34,36,39,41-54H2,1-3H3/b11-8-,12-9-,20-17-,21-18-,29-26-,30-27-,38-35-,40-37-/t55-/m1/s1. The summed E-state index contributed by atoms with van der Waals surface area (Å²) >= 11 is 0. The van der Waals surface area contributed by atoms with E-state index in [1.54, 1.807) is 0 Å². The maximum Gasteiger partial charge on any atom is 0.306 e. The van der Waals surface area contributed by atoms with Gasteiger partial charge >= 0.3 is 17.9 Å². The molecule has 1 atom stereocenters. The van der Waals surface area contributed by atoms with E-state index in [0.717, 1.165) is 96.3 Å². The summed E-state index contributed by atoms with van der Waals surface area (Å²) in [6, 6.07) is 0. The van der Waals surface area contributed by atoms with E-state index < -0.39 is 6.10 Å². The summed E-state index contributed by atoms with van der Waals surface area (Å²) in [7, 11) is 0. The first-order chi connectivity index (χ1) is 31.5. The molecule has 0 aliphatic rings. The molecule has 0 aromatic heterocycles. The zero-order valence-corrected chi connectivity index (χ0v) is 41.5. The Bertz CT molecular complexity index is 1300. The van der Waals surface area contributed by atoms with Crippen LogP contribution in [0.25, 0.3) is 0 Å². The molecule has 0 radical (unpaired) electrons. The second-order valence-corrected chi connectivity index (χ2v) is 17.0. The van der Waals surface area contributed by atoms with Gasteiger partial charge in [-0.1, -0.05) is 214 Å². The topological polar surface area (TPSA) is 78.9 Å². The van der Waals surface area contributed by atoms with Crippen LogP contribution in [-0.4, -0.2) is 37.2 Å². The van der Waals surface area contributed by atoms with E-state index in [1.807, 2.05) is 0 Å². The van der Waals surface area contributed by atoms with Crippen molar-refractivity contribution in [3.05, 3.63) is 97.2 Å². The number of unbranched alkanes of at least 4 members (excludes halogenated alkanes) is 19. The van der Waals surface area contributed by atoms with Gasteiger partial charge in [0.1, 0.15) is 13.2 Å². The highest BCUT2D eigenvalue weighted by molar-refractivity contribution is 5.71. The normalized spacial score (nSPS) is 12.9. The number of hydrogen-bond acceptors (Lipinski definition) is 6. The zero-order valence-electron chi connectivity index (χ0n) is 41.5. The van der Waals surface area contributed by atoms with Crippen LogP contribution in [0.5, 0.6) is 0 Å². The van der Waals surface area contributed by atoms with E-state index in [4.69, 9.17) is 14.2 Å². The molecule has 0 spiro atoms.